The van der Waals surface area contributed by atoms with E-state index < -0.39 is 0 Å². The Morgan fingerprint density at radius 3 is 2.50 bits per heavy atom. The van der Waals surface area contributed by atoms with Crippen LogP contribution in [0.5, 0.6) is 0 Å². The van der Waals surface area contributed by atoms with Crippen molar-refractivity contribution in [1.29, 1.82) is 0 Å². The first-order valence-corrected chi connectivity index (χ1v) is 5.09. The van der Waals surface area contributed by atoms with Gasteiger partial charge in [-0.2, -0.15) is 0 Å². The first-order valence-electron chi connectivity index (χ1n) is 4.33. The molecule has 1 unspecified atom stereocenters. The third kappa shape index (κ3) is 2.58. The summed E-state index contributed by atoms with van der Waals surface area (Å²) in [5.74, 6) is 5.74. The van der Waals surface area contributed by atoms with Gasteiger partial charge in [0.15, 0.2) is 0 Å². The van der Waals surface area contributed by atoms with E-state index in [2.05, 4.69) is 10.4 Å². The molecule has 0 saturated carbocycles. The average molecular weight is 234 g/mol. The predicted molar refractivity (Wildman–Crippen MR) is 59.2 cm³/mol. The van der Waals surface area contributed by atoms with E-state index in [0.29, 0.717) is 16.0 Å². The van der Waals surface area contributed by atoms with Crippen molar-refractivity contribution in [3.05, 3.63) is 28.0 Å². The summed E-state index contributed by atoms with van der Waals surface area (Å²) in [6, 6.07) is 1.61. The molecule has 1 rings (SSSR count). The molecule has 0 radical (unpaired) electrons. The molecule has 3 N–H and O–H groups in total. The summed E-state index contributed by atoms with van der Waals surface area (Å²) in [7, 11) is 0. The Balaban J connectivity index is 3.04. The second-order valence-corrected chi connectivity index (χ2v) is 4.25. The minimum Gasteiger partial charge on any atom is -0.271 e. The van der Waals surface area contributed by atoms with Gasteiger partial charge in [-0.15, -0.1) is 0 Å². The quantitative estimate of drug-likeness (QED) is 0.624. The molecule has 0 aliphatic rings. The van der Waals surface area contributed by atoms with E-state index in [1.165, 1.54) is 0 Å². The molecule has 1 heterocycles. The van der Waals surface area contributed by atoms with Gasteiger partial charge >= 0.3 is 0 Å². The van der Waals surface area contributed by atoms with Crippen LogP contribution in [0, 0.1) is 5.92 Å². The maximum absolute atomic E-state index is 6.00. The number of rotatable bonds is 3. The van der Waals surface area contributed by atoms with E-state index in [0.717, 1.165) is 5.69 Å². The van der Waals surface area contributed by atoms with E-state index in [1.54, 1.807) is 12.3 Å². The zero-order chi connectivity index (χ0) is 10.7. The third-order valence-electron chi connectivity index (χ3n) is 1.98. The second kappa shape index (κ2) is 4.94. The lowest BCUT2D eigenvalue weighted by Crippen LogP contribution is -2.32. The fraction of sp³-hybridized carbons (Fsp3) is 0.444. The van der Waals surface area contributed by atoms with Crippen molar-refractivity contribution in [2.45, 2.75) is 19.9 Å². The maximum Gasteiger partial charge on any atom is 0.0776 e. The highest BCUT2D eigenvalue weighted by Gasteiger charge is 2.18. The Morgan fingerprint density at radius 1 is 1.43 bits per heavy atom. The minimum atomic E-state index is -0.0558. The van der Waals surface area contributed by atoms with Gasteiger partial charge in [0.2, 0.25) is 0 Å². The fourth-order valence-electron chi connectivity index (χ4n) is 1.24. The van der Waals surface area contributed by atoms with Crippen molar-refractivity contribution in [2.75, 3.05) is 0 Å². The fourth-order valence-corrected chi connectivity index (χ4v) is 1.74. The number of hydrogen-bond donors (Lipinski definition) is 2. The minimum absolute atomic E-state index is 0.0558. The highest BCUT2D eigenvalue weighted by Crippen LogP contribution is 2.27. The van der Waals surface area contributed by atoms with Crippen molar-refractivity contribution >= 4 is 23.2 Å². The zero-order valence-electron chi connectivity index (χ0n) is 8.09. The van der Waals surface area contributed by atoms with Crippen LogP contribution in [0.1, 0.15) is 25.6 Å². The molecule has 0 bridgehead atoms. The summed E-state index contributed by atoms with van der Waals surface area (Å²) in [4.78, 5) is 4.16. The summed E-state index contributed by atoms with van der Waals surface area (Å²) in [5, 5.41) is 1.06. The monoisotopic (exact) mass is 233 g/mol. The van der Waals surface area contributed by atoms with Crippen molar-refractivity contribution in [1.82, 2.24) is 10.4 Å². The molecule has 0 aliphatic carbocycles. The lowest BCUT2D eigenvalue weighted by atomic mass is 10.0. The summed E-state index contributed by atoms with van der Waals surface area (Å²) in [6.45, 7) is 4.08. The van der Waals surface area contributed by atoms with Crippen molar-refractivity contribution in [2.24, 2.45) is 11.8 Å². The van der Waals surface area contributed by atoms with Crippen molar-refractivity contribution < 1.29 is 0 Å². The molecular weight excluding hydrogens is 221 g/mol. The topological polar surface area (TPSA) is 50.9 Å². The second-order valence-electron chi connectivity index (χ2n) is 3.41. The molecular formula is C9H13Cl2N3. The van der Waals surface area contributed by atoms with Crippen molar-refractivity contribution in [3.8, 4) is 0 Å². The van der Waals surface area contributed by atoms with Gasteiger partial charge in [0.1, 0.15) is 0 Å². The molecule has 1 atom stereocenters. The van der Waals surface area contributed by atoms with Crippen LogP contribution in [0.15, 0.2) is 12.3 Å². The predicted octanol–water partition coefficient (Wildman–Crippen LogP) is 2.55. The first-order chi connectivity index (χ1) is 6.56. The Morgan fingerprint density at radius 2 is 2.07 bits per heavy atom. The third-order valence-corrected chi connectivity index (χ3v) is 2.49. The van der Waals surface area contributed by atoms with Crippen LogP contribution in [-0.4, -0.2) is 4.98 Å². The number of aromatic nitrogens is 1. The Bertz CT molecular complexity index is 315. The summed E-state index contributed by atoms with van der Waals surface area (Å²) in [5.41, 5.74) is 3.42. The van der Waals surface area contributed by atoms with E-state index >= 15 is 0 Å². The first kappa shape index (κ1) is 11.7. The number of hydrogen-bond acceptors (Lipinski definition) is 3. The number of nitrogens with two attached hydrogens (primary N) is 1. The molecule has 5 heteroatoms. The number of hydrazine groups is 1. The van der Waals surface area contributed by atoms with Crippen LogP contribution in [0.25, 0.3) is 0 Å². The summed E-state index contributed by atoms with van der Waals surface area (Å²) in [6.07, 6.45) is 1.56. The average Bonchev–Trinajstić information content (AvgIpc) is 2.09. The van der Waals surface area contributed by atoms with Gasteiger partial charge in [0.25, 0.3) is 0 Å². The highest BCUT2D eigenvalue weighted by atomic mass is 35.5. The largest absolute Gasteiger partial charge is 0.271 e. The van der Waals surface area contributed by atoms with Gasteiger partial charge in [0, 0.05) is 6.20 Å². The molecule has 0 amide bonds. The van der Waals surface area contributed by atoms with Crippen LogP contribution < -0.4 is 11.3 Å². The van der Waals surface area contributed by atoms with Gasteiger partial charge < -0.3 is 0 Å². The maximum atomic E-state index is 6.00. The highest BCUT2D eigenvalue weighted by molar-refractivity contribution is 6.34. The zero-order valence-corrected chi connectivity index (χ0v) is 9.60. The number of pyridine rings is 1. The Hall–Kier alpha value is -0.350. The van der Waals surface area contributed by atoms with Gasteiger partial charge in [-0.05, 0) is 12.0 Å². The normalized spacial score (nSPS) is 13.3. The number of nitrogens with zero attached hydrogens (tertiary/aromatic N) is 1. The molecule has 78 valence electrons. The van der Waals surface area contributed by atoms with Gasteiger partial charge in [0.05, 0.1) is 21.8 Å². The Kier molecular flexibility index (Phi) is 4.13. The van der Waals surface area contributed by atoms with Gasteiger partial charge in [-0.3, -0.25) is 16.3 Å². The molecule has 1 aromatic heterocycles. The van der Waals surface area contributed by atoms with Crippen LogP contribution in [-0.2, 0) is 0 Å². The molecule has 14 heavy (non-hydrogen) atoms. The molecule has 0 aromatic carbocycles. The van der Waals surface area contributed by atoms with E-state index in [4.69, 9.17) is 29.0 Å². The number of halogens is 2. The molecule has 3 nitrogen and oxygen atoms in total. The SMILES string of the molecule is CC(C)C(NN)c1ncc(Cl)cc1Cl. The van der Waals surface area contributed by atoms with Crippen LogP contribution in [0.4, 0.5) is 0 Å². The van der Waals surface area contributed by atoms with E-state index in [1.807, 2.05) is 13.8 Å². The molecule has 0 saturated heterocycles. The number of nitrogens with one attached hydrogen (secondary N) is 1. The molecule has 1 aromatic rings. The molecule has 0 aliphatic heterocycles. The molecule has 0 fully saturated rings. The van der Waals surface area contributed by atoms with Crippen LogP contribution in [0.2, 0.25) is 10.0 Å². The van der Waals surface area contributed by atoms with Crippen LogP contribution in [0.3, 0.4) is 0 Å². The summed E-state index contributed by atoms with van der Waals surface area (Å²) < 4.78 is 0. The van der Waals surface area contributed by atoms with Crippen LogP contribution >= 0.6 is 23.2 Å². The Labute approximate surface area is 93.6 Å². The lowest BCUT2D eigenvalue weighted by molar-refractivity contribution is 0.412. The standard InChI is InChI=1S/C9H13Cl2N3/c1-5(2)8(14-12)9-7(11)3-6(10)4-13-9/h3-5,8,14H,12H2,1-2H3. The van der Waals surface area contributed by atoms with E-state index in [9.17, 15) is 0 Å². The van der Waals surface area contributed by atoms with Crippen molar-refractivity contribution in [3.63, 3.8) is 0 Å². The summed E-state index contributed by atoms with van der Waals surface area (Å²) >= 11 is 11.8. The lowest BCUT2D eigenvalue weighted by Gasteiger charge is -2.20. The molecule has 0 spiro atoms. The van der Waals surface area contributed by atoms with E-state index in [-0.39, 0.29) is 6.04 Å². The van der Waals surface area contributed by atoms with Gasteiger partial charge in [-0.1, -0.05) is 37.0 Å². The van der Waals surface area contributed by atoms with Gasteiger partial charge in [-0.25, -0.2) is 0 Å². The smallest absolute Gasteiger partial charge is 0.0776 e.